The Morgan fingerprint density at radius 1 is 1.33 bits per heavy atom. The van der Waals surface area contributed by atoms with Crippen molar-refractivity contribution >= 4 is 17.1 Å². The van der Waals surface area contributed by atoms with Crippen LogP contribution in [0.1, 0.15) is 25.1 Å². The summed E-state index contributed by atoms with van der Waals surface area (Å²) in [7, 11) is 1.60. The highest BCUT2D eigenvalue weighted by atomic mass is 16.5. The molecule has 3 heterocycles. The Kier molecular flexibility index (Phi) is 3.51. The second kappa shape index (κ2) is 5.47. The minimum Gasteiger partial charge on any atom is -0.481 e. The summed E-state index contributed by atoms with van der Waals surface area (Å²) in [5, 5.41) is 0. The maximum atomic E-state index is 6.04. The summed E-state index contributed by atoms with van der Waals surface area (Å²) in [5.41, 5.74) is 7.57. The fourth-order valence-corrected chi connectivity index (χ4v) is 2.46. The topological polar surface area (TPSA) is 79.1 Å². The van der Waals surface area contributed by atoms with Crippen molar-refractivity contribution in [2.24, 2.45) is 0 Å². The van der Waals surface area contributed by atoms with Gasteiger partial charge in [0.05, 0.1) is 13.4 Å². The van der Waals surface area contributed by atoms with Crippen LogP contribution in [0.15, 0.2) is 34.9 Å². The van der Waals surface area contributed by atoms with E-state index in [9.17, 15) is 0 Å². The molecule has 0 spiro atoms. The second-order valence-electron chi connectivity index (χ2n) is 5.00. The Labute approximate surface area is 122 Å². The van der Waals surface area contributed by atoms with E-state index in [0.29, 0.717) is 11.8 Å². The van der Waals surface area contributed by atoms with Crippen molar-refractivity contribution in [2.75, 3.05) is 12.8 Å². The Bertz CT molecular complexity index is 734. The Hall–Kier alpha value is -2.50. The third kappa shape index (κ3) is 2.56. The summed E-state index contributed by atoms with van der Waals surface area (Å²) < 4.78 is 12.5. The molecule has 0 radical (unpaired) electrons. The molecule has 2 N–H and O–H groups in total. The first-order valence-electron chi connectivity index (χ1n) is 6.90. The monoisotopic (exact) mass is 286 g/mol. The van der Waals surface area contributed by atoms with E-state index in [1.807, 2.05) is 22.8 Å². The average Bonchev–Trinajstić information content (AvgIpc) is 3.10. The van der Waals surface area contributed by atoms with Gasteiger partial charge in [-0.05, 0) is 31.5 Å². The molecule has 0 aliphatic rings. The number of hydrogen-bond acceptors (Lipinski definition) is 5. The number of furan rings is 1. The lowest BCUT2D eigenvalue weighted by atomic mass is 10.1. The van der Waals surface area contributed by atoms with E-state index >= 15 is 0 Å². The maximum Gasteiger partial charge on any atom is 0.215 e. The van der Waals surface area contributed by atoms with Crippen molar-refractivity contribution < 1.29 is 9.15 Å². The predicted octanol–water partition coefficient (Wildman–Crippen LogP) is 2.81. The third-order valence-corrected chi connectivity index (χ3v) is 3.58. The highest BCUT2D eigenvalue weighted by Gasteiger charge is 2.16. The molecule has 6 nitrogen and oxygen atoms in total. The van der Waals surface area contributed by atoms with Crippen LogP contribution in [0.3, 0.4) is 0 Å². The van der Waals surface area contributed by atoms with Gasteiger partial charge in [0.15, 0.2) is 5.65 Å². The van der Waals surface area contributed by atoms with E-state index in [0.717, 1.165) is 29.8 Å². The molecule has 0 amide bonds. The van der Waals surface area contributed by atoms with Crippen molar-refractivity contribution in [3.05, 3.63) is 36.3 Å². The summed E-state index contributed by atoms with van der Waals surface area (Å²) in [4.78, 5) is 8.81. The number of anilines is 1. The number of ether oxygens (including phenoxy) is 1. The van der Waals surface area contributed by atoms with Crippen LogP contribution in [0.25, 0.3) is 11.2 Å². The molecular formula is C15H18N4O2. The summed E-state index contributed by atoms with van der Waals surface area (Å²) in [5.74, 6) is 2.00. The number of aromatic nitrogens is 3. The number of hydrogen-bond donors (Lipinski definition) is 1. The highest BCUT2D eigenvalue weighted by Crippen LogP contribution is 2.26. The Morgan fingerprint density at radius 2 is 2.19 bits per heavy atom. The van der Waals surface area contributed by atoms with E-state index in [2.05, 4.69) is 16.9 Å². The Balaban J connectivity index is 1.89. The minimum absolute atomic E-state index is 0.166. The van der Waals surface area contributed by atoms with Crippen LogP contribution in [0.4, 0.5) is 5.95 Å². The molecule has 6 heteroatoms. The molecule has 0 aliphatic heterocycles. The summed E-state index contributed by atoms with van der Waals surface area (Å²) in [6, 6.07) is 7.69. The van der Waals surface area contributed by atoms with Gasteiger partial charge in [-0.15, -0.1) is 0 Å². The predicted molar refractivity (Wildman–Crippen MR) is 80.2 cm³/mol. The number of nitrogen functional groups attached to an aromatic ring is 1. The van der Waals surface area contributed by atoms with Gasteiger partial charge in [-0.25, -0.2) is 4.98 Å². The summed E-state index contributed by atoms with van der Waals surface area (Å²) in [6.45, 7) is 2.10. The summed E-state index contributed by atoms with van der Waals surface area (Å²) in [6.07, 6.45) is 3.42. The SMILES string of the molecule is COc1ccc2nc(N)n(C(C)CCc3ccco3)c2n1. The van der Waals surface area contributed by atoms with E-state index in [-0.39, 0.29) is 6.04 Å². The first kappa shape index (κ1) is 13.5. The molecule has 0 fully saturated rings. The van der Waals surface area contributed by atoms with E-state index < -0.39 is 0 Å². The molecule has 21 heavy (non-hydrogen) atoms. The van der Waals surface area contributed by atoms with E-state index in [1.54, 1.807) is 19.4 Å². The van der Waals surface area contributed by atoms with Gasteiger partial charge < -0.3 is 14.9 Å². The van der Waals surface area contributed by atoms with Gasteiger partial charge >= 0.3 is 0 Å². The molecule has 110 valence electrons. The molecule has 0 aliphatic carbocycles. The van der Waals surface area contributed by atoms with Crippen LogP contribution < -0.4 is 10.5 Å². The normalized spacial score (nSPS) is 12.7. The fourth-order valence-electron chi connectivity index (χ4n) is 2.46. The molecule has 0 aromatic carbocycles. The van der Waals surface area contributed by atoms with Gasteiger partial charge in [0, 0.05) is 18.5 Å². The number of aryl methyl sites for hydroxylation is 1. The molecular weight excluding hydrogens is 268 g/mol. The zero-order valence-electron chi connectivity index (χ0n) is 12.1. The zero-order chi connectivity index (χ0) is 14.8. The first-order chi connectivity index (χ1) is 10.2. The number of pyridine rings is 1. The van der Waals surface area contributed by atoms with Gasteiger partial charge in [0.1, 0.15) is 11.3 Å². The van der Waals surface area contributed by atoms with Gasteiger partial charge in [-0.1, -0.05) is 0 Å². The lowest BCUT2D eigenvalue weighted by molar-refractivity contribution is 0.398. The van der Waals surface area contributed by atoms with Crippen LogP contribution in [0.5, 0.6) is 5.88 Å². The standard InChI is InChI=1S/C15H18N4O2/c1-10(5-6-11-4-3-9-21-11)19-14-12(17-15(19)16)7-8-13(18-14)20-2/h3-4,7-10H,5-6H2,1-2H3,(H2,16,17). The van der Waals surface area contributed by atoms with Crippen LogP contribution in [-0.2, 0) is 6.42 Å². The fraction of sp³-hybridized carbons (Fsp3) is 0.333. The highest BCUT2D eigenvalue weighted by molar-refractivity contribution is 5.75. The summed E-state index contributed by atoms with van der Waals surface area (Å²) >= 11 is 0. The van der Waals surface area contributed by atoms with Crippen LogP contribution in [0, 0.1) is 0 Å². The number of fused-ring (bicyclic) bond motifs is 1. The van der Waals surface area contributed by atoms with Gasteiger partial charge in [0.25, 0.3) is 0 Å². The first-order valence-corrected chi connectivity index (χ1v) is 6.90. The molecule has 0 saturated heterocycles. The zero-order valence-corrected chi connectivity index (χ0v) is 12.1. The smallest absolute Gasteiger partial charge is 0.215 e. The quantitative estimate of drug-likeness (QED) is 0.780. The third-order valence-electron chi connectivity index (χ3n) is 3.58. The van der Waals surface area contributed by atoms with Crippen molar-refractivity contribution in [3.63, 3.8) is 0 Å². The number of methoxy groups -OCH3 is 1. The van der Waals surface area contributed by atoms with Crippen molar-refractivity contribution in [2.45, 2.75) is 25.8 Å². The lowest BCUT2D eigenvalue weighted by Crippen LogP contribution is -2.10. The Morgan fingerprint density at radius 3 is 2.90 bits per heavy atom. The van der Waals surface area contributed by atoms with Crippen LogP contribution >= 0.6 is 0 Å². The van der Waals surface area contributed by atoms with Gasteiger partial charge in [-0.3, -0.25) is 4.57 Å². The molecule has 3 aromatic heterocycles. The maximum absolute atomic E-state index is 6.04. The number of rotatable bonds is 5. The number of imidazole rings is 1. The molecule has 0 saturated carbocycles. The molecule has 3 aromatic rings. The minimum atomic E-state index is 0.166. The van der Waals surface area contributed by atoms with Gasteiger partial charge in [0.2, 0.25) is 11.8 Å². The average molecular weight is 286 g/mol. The van der Waals surface area contributed by atoms with Crippen LogP contribution in [-0.4, -0.2) is 21.6 Å². The number of nitrogens with zero attached hydrogens (tertiary/aromatic N) is 3. The molecule has 1 atom stereocenters. The van der Waals surface area contributed by atoms with Crippen molar-refractivity contribution in [1.29, 1.82) is 0 Å². The van der Waals surface area contributed by atoms with E-state index in [4.69, 9.17) is 14.9 Å². The molecule has 1 unspecified atom stereocenters. The molecule has 0 bridgehead atoms. The van der Waals surface area contributed by atoms with Crippen molar-refractivity contribution in [1.82, 2.24) is 14.5 Å². The second-order valence-corrected chi connectivity index (χ2v) is 5.00. The molecule has 3 rings (SSSR count). The van der Waals surface area contributed by atoms with E-state index in [1.165, 1.54) is 0 Å². The van der Waals surface area contributed by atoms with Gasteiger partial charge in [-0.2, -0.15) is 4.98 Å². The van der Waals surface area contributed by atoms with Crippen LogP contribution in [0.2, 0.25) is 0 Å². The van der Waals surface area contributed by atoms with Crippen molar-refractivity contribution in [3.8, 4) is 5.88 Å². The lowest BCUT2D eigenvalue weighted by Gasteiger charge is -2.14. The largest absolute Gasteiger partial charge is 0.481 e. The number of nitrogens with two attached hydrogens (primary N) is 1.